The first-order valence-corrected chi connectivity index (χ1v) is 9.21. The number of hydrogen-bond donors (Lipinski definition) is 0. The molecule has 10 heteroatoms. The van der Waals surface area contributed by atoms with Crippen molar-refractivity contribution in [3.05, 3.63) is 0 Å². The van der Waals surface area contributed by atoms with Gasteiger partial charge in [-0.2, -0.15) is 0 Å². The fourth-order valence-corrected chi connectivity index (χ4v) is 6.03. The van der Waals surface area contributed by atoms with Crippen molar-refractivity contribution in [2.45, 2.75) is 49.1 Å². The monoisotopic (exact) mass is 361 g/mol. The first-order valence-electron chi connectivity index (χ1n) is 7.66. The van der Waals surface area contributed by atoms with E-state index in [0.717, 1.165) is 12.0 Å². The molecule has 0 aromatic heterocycles. The van der Waals surface area contributed by atoms with E-state index in [2.05, 4.69) is 0 Å². The van der Waals surface area contributed by atoms with Crippen LogP contribution in [0.5, 0.6) is 0 Å². The number of hydrogen-bond acceptors (Lipinski definition) is 8. The number of likely N-dealkylation sites (tertiary alicyclic amines) is 1. The summed E-state index contributed by atoms with van der Waals surface area (Å²) >= 11 is 0. The number of rotatable bonds is 5. The molecule has 1 saturated carbocycles. The molecule has 0 aromatic rings. The predicted octanol–water partition coefficient (Wildman–Crippen LogP) is 0.463. The molecule has 2 heterocycles. The van der Waals surface area contributed by atoms with Gasteiger partial charge in [0.2, 0.25) is 11.8 Å². The summed E-state index contributed by atoms with van der Waals surface area (Å²) < 4.78 is 34.0. The third-order valence-corrected chi connectivity index (χ3v) is 7.72. The topological polar surface area (TPSA) is 112 Å². The van der Waals surface area contributed by atoms with Gasteiger partial charge in [0.15, 0.2) is 5.16 Å². The Kier molecular flexibility index (Phi) is 4.32. The Morgan fingerprint density at radius 2 is 1.79 bits per heavy atom. The largest absolute Gasteiger partial charge is 0.468 e. The Hall–Kier alpha value is -1.28. The predicted molar refractivity (Wildman–Crippen MR) is 79.1 cm³/mol. The lowest BCUT2D eigenvalue weighted by molar-refractivity contribution is -0.152. The molecule has 0 bridgehead atoms. The highest BCUT2D eigenvalue weighted by Crippen LogP contribution is 2.67. The van der Waals surface area contributed by atoms with E-state index >= 15 is 0 Å². The average Bonchev–Trinajstić information content (AvgIpc) is 3.31. The van der Waals surface area contributed by atoms with Crippen molar-refractivity contribution >= 4 is 25.4 Å². The molecule has 0 spiro atoms. The number of amides is 2. The van der Waals surface area contributed by atoms with Crippen LogP contribution in [0.1, 0.15) is 25.7 Å². The summed E-state index contributed by atoms with van der Waals surface area (Å²) in [7, 11) is -0.544. The van der Waals surface area contributed by atoms with Gasteiger partial charge in [-0.1, -0.05) is 0 Å². The maximum atomic E-state index is 13.3. The lowest BCUT2D eigenvalue weighted by Crippen LogP contribution is -2.63. The molecule has 2 saturated heterocycles. The van der Waals surface area contributed by atoms with Crippen LogP contribution in [0.25, 0.3) is 0 Å². The highest BCUT2D eigenvalue weighted by molar-refractivity contribution is 7.56. The van der Waals surface area contributed by atoms with Crippen LogP contribution in [0.15, 0.2) is 0 Å². The number of carbonyl (C=O) groups is 3. The Bertz CT molecular complexity index is 612. The number of epoxide rings is 1. The van der Waals surface area contributed by atoms with E-state index in [1.54, 1.807) is 0 Å². The maximum absolute atomic E-state index is 13.3. The Morgan fingerprint density at radius 1 is 1.21 bits per heavy atom. The molecule has 9 nitrogen and oxygen atoms in total. The first-order chi connectivity index (χ1) is 11.4. The number of carbonyl (C=O) groups excluding carboxylic acids is 3. The summed E-state index contributed by atoms with van der Waals surface area (Å²) in [5.74, 6) is -1.68. The quantitative estimate of drug-likeness (QED) is 0.301. The van der Waals surface area contributed by atoms with Gasteiger partial charge in [0.25, 0.3) is 0 Å². The number of ether oxygens (including phenoxy) is 2. The number of esters is 1. The van der Waals surface area contributed by atoms with Gasteiger partial charge in [0.1, 0.15) is 6.10 Å². The molecule has 0 radical (unpaired) electrons. The number of fused-ring (bicyclic) bond motifs is 1. The summed E-state index contributed by atoms with van der Waals surface area (Å²) in [6, 6.07) is -1.06. The smallest absolute Gasteiger partial charge is 0.349 e. The van der Waals surface area contributed by atoms with E-state index in [0.29, 0.717) is 6.42 Å². The average molecular weight is 361 g/mol. The Balaban J connectivity index is 2.17. The van der Waals surface area contributed by atoms with Crippen LogP contribution in [-0.4, -0.2) is 67.4 Å². The van der Waals surface area contributed by atoms with Gasteiger partial charge in [-0.05, 0) is 12.8 Å². The highest BCUT2D eigenvalue weighted by Gasteiger charge is 2.73. The van der Waals surface area contributed by atoms with Crippen molar-refractivity contribution in [2.75, 3.05) is 21.3 Å². The van der Waals surface area contributed by atoms with Crippen LogP contribution in [0, 0.1) is 0 Å². The van der Waals surface area contributed by atoms with Crippen LogP contribution >= 0.6 is 7.60 Å². The zero-order valence-corrected chi connectivity index (χ0v) is 14.6. The molecule has 134 valence electrons. The molecule has 3 fully saturated rings. The number of imide groups is 1. The zero-order chi connectivity index (χ0) is 17.7. The molecule has 4 unspecified atom stereocenters. The maximum Gasteiger partial charge on any atom is 0.349 e. The second kappa shape index (κ2) is 5.91. The first kappa shape index (κ1) is 17.5. The molecule has 2 aliphatic heterocycles. The van der Waals surface area contributed by atoms with Gasteiger partial charge < -0.3 is 18.5 Å². The molecule has 0 N–H and O–H groups in total. The Labute approximate surface area is 139 Å². The van der Waals surface area contributed by atoms with Gasteiger partial charge in [-0.25, -0.2) is 0 Å². The summed E-state index contributed by atoms with van der Waals surface area (Å²) in [6.45, 7) is 0. The molecular formula is C14H20NO8P. The van der Waals surface area contributed by atoms with Gasteiger partial charge in [-0.3, -0.25) is 23.8 Å². The van der Waals surface area contributed by atoms with E-state index in [9.17, 15) is 18.9 Å². The minimum absolute atomic E-state index is 0.0498. The molecule has 0 aromatic carbocycles. The third kappa shape index (κ3) is 2.19. The lowest BCUT2D eigenvalue weighted by Gasteiger charge is -2.45. The van der Waals surface area contributed by atoms with E-state index in [1.165, 1.54) is 14.2 Å². The number of methoxy groups -OCH3 is 1. The lowest BCUT2D eigenvalue weighted by atomic mass is 9.82. The van der Waals surface area contributed by atoms with Crippen molar-refractivity contribution in [2.24, 2.45) is 0 Å². The molecule has 24 heavy (non-hydrogen) atoms. The summed E-state index contributed by atoms with van der Waals surface area (Å²) in [5, 5.41) is -1.79. The van der Waals surface area contributed by atoms with Gasteiger partial charge >= 0.3 is 13.6 Å². The Morgan fingerprint density at radius 3 is 2.29 bits per heavy atom. The van der Waals surface area contributed by atoms with Gasteiger partial charge in [-0.15, -0.1) is 0 Å². The molecule has 3 aliphatic rings. The van der Waals surface area contributed by atoms with Crippen LogP contribution in [-0.2, 0) is 37.5 Å². The summed E-state index contributed by atoms with van der Waals surface area (Å²) in [4.78, 5) is 38.3. The zero-order valence-electron chi connectivity index (χ0n) is 13.7. The number of nitrogens with zero attached hydrogens (tertiary/aromatic N) is 1. The van der Waals surface area contributed by atoms with Crippen LogP contribution in [0.2, 0.25) is 0 Å². The van der Waals surface area contributed by atoms with Crippen molar-refractivity contribution in [1.29, 1.82) is 0 Å². The van der Waals surface area contributed by atoms with Crippen LogP contribution < -0.4 is 0 Å². The van der Waals surface area contributed by atoms with E-state index in [4.69, 9.17) is 18.5 Å². The highest BCUT2D eigenvalue weighted by atomic mass is 31.2. The fourth-order valence-electron chi connectivity index (χ4n) is 3.92. The van der Waals surface area contributed by atoms with E-state index in [-0.39, 0.29) is 25.4 Å². The minimum Gasteiger partial charge on any atom is -0.468 e. The second-order valence-corrected chi connectivity index (χ2v) is 8.58. The van der Waals surface area contributed by atoms with E-state index < -0.39 is 42.7 Å². The fraction of sp³-hybridized carbons (Fsp3) is 0.786. The van der Waals surface area contributed by atoms with Crippen molar-refractivity contribution < 1.29 is 37.5 Å². The molecule has 3 rings (SSSR count). The summed E-state index contributed by atoms with van der Waals surface area (Å²) in [6.07, 6.45) is -0.147. The summed E-state index contributed by atoms with van der Waals surface area (Å²) in [5.41, 5.74) is 0. The second-order valence-electron chi connectivity index (χ2n) is 6.06. The minimum atomic E-state index is -4.03. The van der Waals surface area contributed by atoms with Gasteiger partial charge in [0.05, 0.1) is 19.3 Å². The molecular weight excluding hydrogens is 341 g/mol. The standard InChI is InChI=1S/C14H20NO8P/c1-20-13(18)14(24(19,21-2)22-3)7-6-8-11(23-8)12(14)15-9(16)4-5-10(15)17/h8,11-12H,4-7H2,1-3H3. The molecule has 1 aliphatic carbocycles. The third-order valence-electron chi connectivity index (χ3n) is 5.11. The van der Waals surface area contributed by atoms with Crippen molar-refractivity contribution in [3.8, 4) is 0 Å². The van der Waals surface area contributed by atoms with E-state index in [1.807, 2.05) is 0 Å². The van der Waals surface area contributed by atoms with Crippen LogP contribution in [0.3, 0.4) is 0 Å². The normalized spacial score (nSPS) is 35.8. The SMILES string of the molecule is COC(=O)C1(P(=O)(OC)OC)CCC2OC2C1N1C(=O)CCC1=O. The van der Waals surface area contributed by atoms with Crippen molar-refractivity contribution in [3.63, 3.8) is 0 Å². The molecule has 2 amide bonds. The molecule has 4 atom stereocenters. The van der Waals surface area contributed by atoms with Gasteiger partial charge in [0, 0.05) is 27.1 Å². The van der Waals surface area contributed by atoms with Crippen LogP contribution in [0.4, 0.5) is 0 Å². The van der Waals surface area contributed by atoms with Crippen molar-refractivity contribution in [1.82, 2.24) is 4.90 Å².